The topological polar surface area (TPSA) is 68.2 Å². The van der Waals surface area contributed by atoms with Crippen LogP contribution in [0.15, 0.2) is 42.5 Å². The summed E-state index contributed by atoms with van der Waals surface area (Å²) in [5.41, 5.74) is 1.45. The maximum absolute atomic E-state index is 13.2. The molecule has 6 heteroatoms. The molecule has 1 aliphatic rings. The Labute approximate surface area is 165 Å². The fraction of sp³-hybridized carbons (Fsp3) is 0.409. The van der Waals surface area contributed by atoms with Crippen molar-refractivity contribution in [2.75, 3.05) is 26.9 Å². The van der Waals surface area contributed by atoms with Gasteiger partial charge in [0.15, 0.2) is 11.5 Å². The van der Waals surface area contributed by atoms with Gasteiger partial charge in [0.2, 0.25) is 0 Å². The molecule has 1 fully saturated rings. The summed E-state index contributed by atoms with van der Waals surface area (Å²) < 4.78 is 16.5. The van der Waals surface area contributed by atoms with Gasteiger partial charge >= 0.3 is 0 Å². The van der Waals surface area contributed by atoms with Crippen molar-refractivity contribution in [2.24, 2.45) is 0 Å². The summed E-state index contributed by atoms with van der Waals surface area (Å²) in [7, 11) is 1.61. The second kappa shape index (κ2) is 8.97. The van der Waals surface area contributed by atoms with Crippen LogP contribution in [0.5, 0.6) is 17.2 Å². The number of ether oxygens (including phenoxy) is 3. The Bertz CT molecular complexity index is 822. The molecule has 3 rings (SSSR count). The van der Waals surface area contributed by atoms with Crippen LogP contribution in [-0.4, -0.2) is 48.9 Å². The second-order valence-corrected chi connectivity index (χ2v) is 6.67. The Kier molecular flexibility index (Phi) is 6.41. The number of amides is 1. The van der Waals surface area contributed by atoms with Gasteiger partial charge in [0.1, 0.15) is 5.75 Å². The zero-order valence-electron chi connectivity index (χ0n) is 16.6. The molecule has 0 aliphatic carbocycles. The van der Waals surface area contributed by atoms with Crippen molar-refractivity contribution in [2.45, 2.75) is 32.4 Å². The van der Waals surface area contributed by atoms with E-state index in [0.29, 0.717) is 36.7 Å². The van der Waals surface area contributed by atoms with Crippen molar-refractivity contribution in [3.63, 3.8) is 0 Å². The third kappa shape index (κ3) is 4.22. The fourth-order valence-corrected chi connectivity index (χ4v) is 3.55. The summed E-state index contributed by atoms with van der Waals surface area (Å²) in [6.07, 6.45) is -0.0666. The van der Waals surface area contributed by atoms with Gasteiger partial charge in [-0.2, -0.15) is 0 Å². The quantitative estimate of drug-likeness (QED) is 0.791. The number of carbonyl (C=O) groups excluding carboxylic acids is 1. The summed E-state index contributed by atoms with van der Waals surface area (Å²) in [4.78, 5) is 15.0. The minimum Gasteiger partial charge on any atom is -0.497 e. The molecule has 1 saturated heterocycles. The third-order valence-electron chi connectivity index (χ3n) is 4.81. The maximum Gasteiger partial charge on any atom is 0.254 e. The number of β-amino-alcohol motifs (C(OH)–C–C–N with tert-alkyl or cyclic N) is 1. The van der Waals surface area contributed by atoms with Crippen LogP contribution < -0.4 is 14.2 Å². The Hall–Kier alpha value is -2.73. The first kappa shape index (κ1) is 20.0. The molecular weight excluding hydrogens is 358 g/mol. The average molecular weight is 385 g/mol. The van der Waals surface area contributed by atoms with E-state index in [1.165, 1.54) is 0 Å². The standard InChI is InChI=1S/C22H27NO5/c1-4-27-20-10-9-16(12-21(20)28-5-2)22(25)23-14-17(24)13-19(23)15-7-6-8-18(11-15)26-3/h6-12,17,19,24H,4-5,13-14H2,1-3H3/t17-,19-/m0/s1. The van der Waals surface area contributed by atoms with Gasteiger partial charge in [-0.15, -0.1) is 0 Å². The van der Waals surface area contributed by atoms with Crippen LogP contribution in [0.25, 0.3) is 0 Å². The van der Waals surface area contributed by atoms with Gasteiger partial charge in [-0.3, -0.25) is 4.79 Å². The number of likely N-dealkylation sites (tertiary alicyclic amines) is 1. The second-order valence-electron chi connectivity index (χ2n) is 6.67. The van der Waals surface area contributed by atoms with E-state index in [4.69, 9.17) is 14.2 Å². The molecule has 28 heavy (non-hydrogen) atoms. The number of nitrogens with zero attached hydrogens (tertiary/aromatic N) is 1. The SMILES string of the molecule is CCOc1ccc(C(=O)N2C[C@@H](O)C[C@H]2c2cccc(OC)c2)cc1OCC. The van der Waals surface area contributed by atoms with E-state index in [1.807, 2.05) is 38.1 Å². The summed E-state index contributed by atoms with van der Waals surface area (Å²) in [6, 6.07) is 12.6. The Morgan fingerprint density at radius 2 is 1.86 bits per heavy atom. The molecule has 0 radical (unpaired) electrons. The minimum absolute atomic E-state index is 0.145. The van der Waals surface area contributed by atoms with Crippen molar-refractivity contribution in [3.8, 4) is 17.2 Å². The molecule has 0 aromatic heterocycles. The number of hydrogen-bond donors (Lipinski definition) is 1. The molecule has 1 N–H and O–H groups in total. The molecule has 6 nitrogen and oxygen atoms in total. The summed E-state index contributed by atoms with van der Waals surface area (Å²) in [6.45, 7) is 5.08. The van der Waals surface area contributed by atoms with Gasteiger partial charge in [-0.25, -0.2) is 0 Å². The van der Waals surface area contributed by atoms with Crippen LogP contribution >= 0.6 is 0 Å². The molecule has 1 aliphatic heterocycles. The van der Waals surface area contributed by atoms with Crippen LogP contribution in [0, 0.1) is 0 Å². The number of hydrogen-bond acceptors (Lipinski definition) is 5. The molecule has 0 bridgehead atoms. The highest BCUT2D eigenvalue weighted by molar-refractivity contribution is 5.95. The number of carbonyl (C=O) groups is 1. The minimum atomic E-state index is -0.561. The van der Waals surface area contributed by atoms with Gasteiger partial charge in [-0.05, 0) is 56.2 Å². The van der Waals surface area contributed by atoms with E-state index in [1.54, 1.807) is 30.2 Å². The van der Waals surface area contributed by atoms with Gasteiger partial charge in [0.05, 0.1) is 32.5 Å². The van der Waals surface area contributed by atoms with E-state index in [-0.39, 0.29) is 18.5 Å². The van der Waals surface area contributed by atoms with E-state index in [9.17, 15) is 9.90 Å². The lowest BCUT2D eigenvalue weighted by molar-refractivity contribution is 0.0715. The first-order valence-electron chi connectivity index (χ1n) is 9.60. The summed E-state index contributed by atoms with van der Waals surface area (Å²) in [5, 5.41) is 10.2. The van der Waals surface area contributed by atoms with E-state index >= 15 is 0 Å². The molecule has 0 spiro atoms. The molecule has 150 valence electrons. The van der Waals surface area contributed by atoms with E-state index in [0.717, 1.165) is 11.3 Å². The molecule has 2 aromatic carbocycles. The van der Waals surface area contributed by atoms with Crippen LogP contribution in [-0.2, 0) is 0 Å². The lowest BCUT2D eigenvalue weighted by Crippen LogP contribution is -2.31. The van der Waals surface area contributed by atoms with Crippen LogP contribution in [0.3, 0.4) is 0 Å². The Morgan fingerprint density at radius 3 is 2.57 bits per heavy atom. The number of benzene rings is 2. The average Bonchev–Trinajstić information content (AvgIpc) is 3.11. The highest BCUT2D eigenvalue weighted by atomic mass is 16.5. The van der Waals surface area contributed by atoms with Gasteiger partial charge < -0.3 is 24.2 Å². The summed E-state index contributed by atoms with van der Waals surface area (Å²) in [5.74, 6) is 1.75. The molecule has 1 heterocycles. The fourth-order valence-electron chi connectivity index (χ4n) is 3.55. The van der Waals surface area contributed by atoms with Gasteiger partial charge in [0.25, 0.3) is 5.91 Å². The number of rotatable bonds is 7. The molecule has 1 amide bonds. The molecular formula is C22H27NO5. The van der Waals surface area contributed by atoms with Crippen molar-refractivity contribution >= 4 is 5.91 Å². The van der Waals surface area contributed by atoms with Crippen molar-refractivity contribution in [1.82, 2.24) is 4.90 Å². The first-order valence-corrected chi connectivity index (χ1v) is 9.60. The molecule has 2 aromatic rings. The van der Waals surface area contributed by atoms with Crippen molar-refractivity contribution in [1.29, 1.82) is 0 Å². The zero-order chi connectivity index (χ0) is 20.1. The van der Waals surface area contributed by atoms with E-state index in [2.05, 4.69) is 0 Å². The number of aliphatic hydroxyl groups excluding tert-OH is 1. The molecule has 2 atom stereocenters. The monoisotopic (exact) mass is 385 g/mol. The lowest BCUT2D eigenvalue weighted by atomic mass is 10.0. The summed E-state index contributed by atoms with van der Waals surface area (Å²) >= 11 is 0. The molecule has 0 saturated carbocycles. The smallest absolute Gasteiger partial charge is 0.254 e. The largest absolute Gasteiger partial charge is 0.497 e. The number of aliphatic hydroxyl groups is 1. The van der Waals surface area contributed by atoms with Gasteiger partial charge in [0, 0.05) is 12.1 Å². The van der Waals surface area contributed by atoms with Gasteiger partial charge in [-0.1, -0.05) is 12.1 Å². The predicted molar refractivity (Wildman–Crippen MR) is 106 cm³/mol. The normalized spacial score (nSPS) is 18.8. The highest BCUT2D eigenvalue weighted by Gasteiger charge is 2.36. The maximum atomic E-state index is 13.2. The predicted octanol–water partition coefficient (Wildman–Crippen LogP) is 3.44. The van der Waals surface area contributed by atoms with Crippen LogP contribution in [0.2, 0.25) is 0 Å². The van der Waals surface area contributed by atoms with Crippen molar-refractivity contribution in [3.05, 3.63) is 53.6 Å². The lowest BCUT2D eigenvalue weighted by Gasteiger charge is -2.25. The Balaban J connectivity index is 1.90. The highest BCUT2D eigenvalue weighted by Crippen LogP contribution is 2.36. The molecule has 0 unspecified atom stereocenters. The first-order chi connectivity index (χ1) is 13.6. The zero-order valence-corrected chi connectivity index (χ0v) is 16.6. The van der Waals surface area contributed by atoms with Crippen molar-refractivity contribution < 1.29 is 24.1 Å². The number of methoxy groups -OCH3 is 1. The third-order valence-corrected chi connectivity index (χ3v) is 4.81. The Morgan fingerprint density at radius 1 is 1.11 bits per heavy atom. The van der Waals surface area contributed by atoms with Crippen LogP contribution in [0.1, 0.15) is 42.2 Å². The van der Waals surface area contributed by atoms with E-state index < -0.39 is 6.10 Å². The van der Waals surface area contributed by atoms with Crippen LogP contribution in [0.4, 0.5) is 0 Å².